The quantitative estimate of drug-likeness (QED) is 0.0117. The van der Waals surface area contributed by atoms with E-state index < -0.39 is 47.8 Å². The Balaban J connectivity index is 0.000000362. The van der Waals surface area contributed by atoms with Gasteiger partial charge in [0.1, 0.15) is 34.1 Å². The summed E-state index contributed by atoms with van der Waals surface area (Å²) in [7, 11) is 0. The van der Waals surface area contributed by atoms with Crippen molar-refractivity contribution in [3.8, 4) is 23.0 Å². The molecule has 0 saturated heterocycles. The Bertz CT molecular complexity index is 2860. The van der Waals surface area contributed by atoms with Crippen LogP contribution in [-0.4, -0.2) is 99.8 Å². The second kappa shape index (κ2) is 35.7. The molecule has 20 heteroatoms. The largest absolute Gasteiger partial charge is 0.463 e. The van der Waals surface area contributed by atoms with E-state index >= 15 is 0 Å². The lowest BCUT2D eigenvalue weighted by atomic mass is 9.83. The summed E-state index contributed by atoms with van der Waals surface area (Å²) in [5.41, 5.74) is 0.588. The fraction of sp³-hybridized carbons (Fsp3) is 0.397. The van der Waals surface area contributed by atoms with E-state index in [2.05, 4.69) is 20.1 Å². The minimum absolute atomic E-state index is 0.0475. The first-order valence-corrected chi connectivity index (χ1v) is 27.4. The molecule has 0 radical (unpaired) electrons. The van der Waals surface area contributed by atoms with E-state index in [4.69, 9.17) is 47.4 Å². The first kappa shape index (κ1) is 66.6. The van der Waals surface area contributed by atoms with Crippen LogP contribution >= 0.6 is 0 Å². The molecule has 0 aromatic heterocycles. The van der Waals surface area contributed by atoms with E-state index in [0.717, 1.165) is 50.7 Å². The zero-order chi connectivity index (χ0) is 60.7. The Hall–Kier alpha value is -8.94. The highest BCUT2D eigenvalue weighted by atomic mass is 16.6. The third-order valence-corrected chi connectivity index (χ3v) is 13.0. The monoisotopic (exact) mass is 1150 g/mol. The van der Waals surface area contributed by atoms with Crippen LogP contribution in [0.25, 0.3) is 0 Å². The highest BCUT2D eigenvalue weighted by molar-refractivity contribution is 5.99. The van der Waals surface area contributed by atoms with Gasteiger partial charge in [-0.25, -0.2) is 38.4 Å². The summed E-state index contributed by atoms with van der Waals surface area (Å²) in [6.07, 6.45) is 9.23. The molecule has 2 unspecified atom stereocenters. The Labute approximate surface area is 482 Å². The van der Waals surface area contributed by atoms with Gasteiger partial charge in [0, 0.05) is 12.2 Å². The zero-order valence-electron chi connectivity index (χ0n) is 47.5. The molecule has 4 aromatic rings. The summed E-state index contributed by atoms with van der Waals surface area (Å²) in [4.78, 5) is 121. The molecule has 5 rings (SSSR count). The van der Waals surface area contributed by atoms with Crippen molar-refractivity contribution in [3.05, 3.63) is 144 Å². The second-order valence-corrected chi connectivity index (χ2v) is 19.5. The van der Waals surface area contributed by atoms with Crippen molar-refractivity contribution >= 4 is 60.2 Å². The molecule has 0 aliphatic heterocycles. The average molecular weight is 1150 g/mol. The molecule has 1 aliphatic carbocycles. The molecule has 2 atom stereocenters. The van der Waals surface area contributed by atoms with Crippen molar-refractivity contribution in [2.24, 2.45) is 23.7 Å². The lowest BCUT2D eigenvalue weighted by molar-refractivity contribution is -0.140. The van der Waals surface area contributed by atoms with Crippen molar-refractivity contribution < 1.29 is 95.3 Å². The summed E-state index contributed by atoms with van der Waals surface area (Å²) in [6, 6.07) is 19.4. The molecule has 20 nitrogen and oxygen atoms in total. The average Bonchev–Trinajstić information content (AvgIpc) is 3.60. The van der Waals surface area contributed by atoms with Crippen molar-refractivity contribution in [3.63, 3.8) is 0 Å². The molecule has 1 aliphatic rings. The highest BCUT2D eigenvalue weighted by Gasteiger charge is 2.28. The van der Waals surface area contributed by atoms with Gasteiger partial charge in [0.15, 0.2) is 0 Å². The van der Waals surface area contributed by atoms with Gasteiger partial charge >= 0.3 is 53.7 Å². The summed E-state index contributed by atoms with van der Waals surface area (Å²) >= 11 is 0. The minimum Gasteiger partial charge on any atom is -0.463 e. The molecule has 1 saturated carbocycles. The SMILES string of the molecule is C=CC(=O)OCCCCOC(=O)c1ccc(C(=O)Oc2ccc(OC(=O)C3CCC(C)CC3)cc2C(=O)OCC(C)CC)cc1.C=CC(=O)OCCCCOC(=O)c1ccc(C(=O)Oc2ccc(OC=O)cc2C(=O)OCC(C)CC)cc1. The first-order valence-electron chi connectivity index (χ1n) is 27.4. The number of rotatable bonds is 30. The maximum atomic E-state index is 13.1. The zero-order valence-corrected chi connectivity index (χ0v) is 47.5. The van der Waals surface area contributed by atoms with Gasteiger partial charge in [-0.1, -0.05) is 60.6 Å². The molecule has 0 bridgehead atoms. The molecule has 83 heavy (non-hydrogen) atoms. The second-order valence-electron chi connectivity index (χ2n) is 19.5. The van der Waals surface area contributed by atoms with Crippen LogP contribution < -0.4 is 18.9 Å². The van der Waals surface area contributed by atoms with Crippen LogP contribution in [0.2, 0.25) is 0 Å². The van der Waals surface area contributed by atoms with Crippen LogP contribution in [0.4, 0.5) is 0 Å². The van der Waals surface area contributed by atoms with Crippen LogP contribution in [0.5, 0.6) is 23.0 Å². The van der Waals surface area contributed by atoms with E-state index in [0.29, 0.717) is 31.6 Å². The van der Waals surface area contributed by atoms with Crippen LogP contribution in [0.1, 0.15) is 161 Å². The fourth-order valence-corrected chi connectivity index (χ4v) is 7.40. The molecular weight excluding hydrogens is 1080 g/mol. The number of hydrogen-bond donors (Lipinski definition) is 0. The fourth-order valence-electron chi connectivity index (χ4n) is 7.40. The van der Waals surface area contributed by atoms with Crippen molar-refractivity contribution in [2.45, 2.75) is 98.8 Å². The van der Waals surface area contributed by atoms with Gasteiger partial charge in [-0.3, -0.25) is 9.59 Å². The normalized spacial score (nSPS) is 14.0. The van der Waals surface area contributed by atoms with E-state index in [-0.39, 0.29) is 126 Å². The predicted octanol–water partition coefficient (Wildman–Crippen LogP) is 10.8. The number of esters is 9. The third kappa shape index (κ3) is 23.2. The van der Waals surface area contributed by atoms with E-state index in [9.17, 15) is 47.9 Å². The van der Waals surface area contributed by atoms with Crippen LogP contribution in [0, 0.1) is 23.7 Å². The van der Waals surface area contributed by atoms with Crippen molar-refractivity contribution in [1.82, 2.24) is 0 Å². The van der Waals surface area contributed by atoms with Gasteiger partial charge in [-0.15, -0.1) is 0 Å². The Kier molecular flexibility index (Phi) is 28.6. The first-order chi connectivity index (χ1) is 39.9. The molecular formula is C63H72O20. The summed E-state index contributed by atoms with van der Waals surface area (Å²) in [5.74, 6) is -4.76. The molecule has 0 amide bonds. The molecule has 4 aromatic carbocycles. The topological polar surface area (TPSA) is 263 Å². The van der Waals surface area contributed by atoms with Gasteiger partial charge in [0.2, 0.25) is 0 Å². The van der Waals surface area contributed by atoms with Gasteiger partial charge in [0.05, 0.1) is 67.8 Å². The number of ether oxygens (including phenoxy) is 10. The maximum Gasteiger partial charge on any atom is 0.343 e. The molecule has 0 N–H and O–H groups in total. The third-order valence-electron chi connectivity index (χ3n) is 13.0. The maximum absolute atomic E-state index is 13.1. The summed E-state index contributed by atoms with van der Waals surface area (Å²) in [5, 5.41) is 0. The number of benzene rings is 4. The number of carbonyl (C=O) groups excluding carboxylic acids is 10. The Morgan fingerprint density at radius 3 is 1.24 bits per heavy atom. The lowest BCUT2D eigenvalue weighted by Gasteiger charge is -2.24. The van der Waals surface area contributed by atoms with Gasteiger partial charge < -0.3 is 47.4 Å². The molecule has 444 valence electrons. The summed E-state index contributed by atoms with van der Waals surface area (Å²) < 4.78 is 52.2. The Morgan fingerprint density at radius 2 is 0.855 bits per heavy atom. The number of unbranched alkanes of at least 4 members (excludes halogenated alkanes) is 2. The molecule has 1 fully saturated rings. The van der Waals surface area contributed by atoms with Crippen LogP contribution in [-0.2, 0) is 47.6 Å². The van der Waals surface area contributed by atoms with Crippen LogP contribution in [0.3, 0.4) is 0 Å². The predicted molar refractivity (Wildman–Crippen MR) is 300 cm³/mol. The smallest absolute Gasteiger partial charge is 0.343 e. The molecule has 0 heterocycles. The molecule has 0 spiro atoms. The van der Waals surface area contributed by atoms with Gasteiger partial charge in [-0.2, -0.15) is 0 Å². The summed E-state index contributed by atoms with van der Waals surface area (Å²) in [6.45, 7) is 17.8. The van der Waals surface area contributed by atoms with Gasteiger partial charge in [0.25, 0.3) is 6.47 Å². The van der Waals surface area contributed by atoms with E-state index in [1.54, 1.807) is 0 Å². The van der Waals surface area contributed by atoms with E-state index in [1.165, 1.54) is 84.9 Å². The lowest BCUT2D eigenvalue weighted by Crippen LogP contribution is -2.25. The minimum atomic E-state index is -0.779. The van der Waals surface area contributed by atoms with E-state index in [1.807, 2.05) is 27.7 Å². The van der Waals surface area contributed by atoms with Gasteiger partial charge in [-0.05, 0) is 154 Å². The number of carbonyl (C=O) groups is 10. The van der Waals surface area contributed by atoms with Crippen molar-refractivity contribution in [2.75, 3.05) is 39.6 Å². The van der Waals surface area contributed by atoms with Crippen molar-refractivity contribution in [1.29, 1.82) is 0 Å². The number of hydrogen-bond acceptors (Lipinski definition) is 20. The van der Waals surface area contributed by atoms with Crippen LogP contribution in [0.15, 0.2) is 110 Å². The Morgan fingerprint density at radius 1 is 0.482 bits per heavy atom. The standard InChI is InChI=1S/C35H42O10.C28H30O10/c1-5-23(3)22-43-35(40)29-21-28(44-33(38)26-11-9-24(4)10-12-26)17-18-30(29)45-34(39)27-15-13-25(14-16-27)32(37)42-20-8-7-19-41-31(36)6-2;1-4-19(3)17-36-28(33)23-16-22(37-18-29)12-13-24(23)38-27(32)21-10-8-20(9-11-21)26(31)35-15-7-6-14-34-25(30)5-2/h6,13-18,21,23-24,26H,2,5,7-12,19-20,22H2,1,3-4H3;5,8-13,16,18-19H,2,4,6-7,14-15,17H2,1,3H3. The highest BCUT2D eigenvalue weighted by Crippen LogP contribution is 2.32.